The van der Waals surface area contributed by atoms with Crippen molar-refractivity contribution in [1.29, 1.82) is 0 Å². The number of aryl methyl sites for hydroxylation is 1. The van der Waals surface area contributed by atoms with Gasteiger partial charge < -0.3 is 10.6 Å². The summed E-state index contributed by atoms with van der Waals surface area (Å²) in [7, 11) is 1.76. The number of hydrogen-bond acceptors (Lipinski definition) is 6. The zero-order valence-corrected chi connectivity index (χ0v) is 12.1. The van der Waals surface area contributed by atoms with Gasteiger partial charge in [-0.3, -0.25) is 4.79 Å². The van der Waals surface area contributed by atoms with Crippen LogP contribution in [0.5, 0.6) is 0 Å². The molecule has 0 fully saturated rings. The van der Waals surface area contributed by atoms with Crippen LogP contribution < -0.4 is 10.6 Å². The van der Waals surface area contributed by atoms with E-state index in [9.17, 15) is 4.79 Å². The highest BCUT2D eigenvalue weighted by Gasteiger charge is 2.24. The summed E-state index contributed by atoms with van der Waals surface area (Å²) in [4.78, 5) is 13.5. The second kappa shape index (κ2) is 5.26. The van der Waals surface area contributed by atoms with Crippen LogP contribution in [0.1, 0.15) is 39.1 Å². The number of aromatic nitrogens is 2. The average Bonchev–Trinajstić information content (AvgIpc) is 3.08. The molecule has 100 valence electrons. The fourth-order valence-corrected chi connectivity index (χ4v) is 3.86. The number of thiophene rings is 1. The van der Waals surface area contributed by atoms with Crippen molar-refractivity contribution in [2.45, 2.75) is 25.3 Å². The van der Waals surface area contributed by atoms with Crippen molar-refractivity contribution < 1.29 is 4.79 Å². The van der Waals surface area contributed by atoms with Gasteiger partial charge in [-0.1, -0.05) is 11.3 Å². The van der Waals surface area contributed by atoms with E-state index in [1.54, 1.807) is 18.4 Å². The van der Waals surface area contributed by atoms with Crippen molar-refractivity contribution in [2.75, 3.05) is 12.4 Å². The first-order valence-corrected chi connectivity index (χ1v) is 7.86. The molecule has 2 aromatic rings. The Morgan fingerprint density at radius 3 is 3.16 bits per heavy atom. The van der Waals surface area contributed by atoms with Gasteiger partial charge in [0, 0.05) is 11.9 Å². The van der Waals surface area contributed by atoms with E-state index in [2.05, 4.69) is 32.3 Å². The first-order valence-electron chi connectivity index (χ1n) is 6.16. The Bertz CT molecular complexity index is 592. The van der Waals surface area contributed by atoms with Gasteiger partial charge in [-0.05, 0) is 36.3 Å². The summed E-state index contributed by atoms with van der Waals surface area (Å²) in [5, 5.41) is 16.9. The van der Waals surface area contributed by atoms with E-state index in [0.29, 0.717) is 10.1 Å². The normalized spacial score (nSPS) is 17.8. The van der Waals surface area contributed by atoms with Gasteiger partial charge in [0.2, 0.25) is 10.1 Å². The van der Waals surface area contributed by atoms with Crippen LogP contribution in [0.25, 0.3) is 0 Å². The second-order valence-corrected chi connectivity index (χ2v) is 6.36. The Labute approximate surface area is 119 Å². The molecule has 0 bridgehead atoms. The number of fused-ring (bicyclic) bond motifs is 1. The van der Waals surface area contributed by atoms with Crippen LogP contribution in [-0.2, 0) is 6.42 Å². The molecule has 0 spiro atoms. The third kappa shape index (κ3) is 2.48. The molecule has 0 saturated carbocycles. The Morgan fingerprint density at radius 2 is 2.37 bits per heavy atom. The zero-order chi connectivity index (χ0) is 13.2. The molecule has 1 aliphatic rings. The topological polar surface area (TPSA) is 66.9 Å². The summed E-state index contributed by atoms with van der Waals surface area (Å²) >= 11 is 3.04. The van der Waals surface area contributed by atoms with E-state index in [1.165, 1.54) is 21.8 Å². The van der Waals surface area contributed by atoms with Gasteiger partial charge in [-0.15, -0.1) is 21.5 Å². The molecule has 3 rings (SSSR count). The van der Waals surface area contributed by atoms with Crippen molar-refractivity contribution in [3.05, 3.63) is 26.9 Å². The molecule has 1 aliphatic carbocycles. The summed E-state index contributed by atoms with van der Waals surface area (Å²) in [5.74, 6) is -0.136. The lowest BCUT2D eigenvalue weighted by Gasteiger charge is -2.23. The molecule has 2 aromatic heterocycles. The van der Waals surface area contributed by atoms with Crippen molar-refractivity contribution in [3.8, 4) is 0 Å². The van der Waals surface area contributed by atoms with E-state index in [-0.39, 0.29) is 11.9 Å². The van der Waals surface area contributed by atoms with Crippen molar-refractivity contribution in [2.24, 2.45) is 0 Å². The zero-order valence-electron chi connectivity index (χ0n) is 10.5. The Kier molecular flexibility index (Phi) is 3.48. The maximum Gasteiger partial charge on any atom is 0.282 e. The summed E-state index contributed by atoms with van der Waals surface area (Å²) < 4.78 is 0. The predicted octanol–water partition coefficient (Wildman–Crippen LogP) is 2.45. The van der Waals surface area contributed by atoms with Crippen LogP contribution in [0.2, 0.25) is 0 Å². The highest BCUT2D eigenvalue weighted by atomic mass is 32.1. The number of nitrogens with zero attached hydrogens (tertiary/aromatic N) is 2. The number of rotatable bonds is 3. The van der Waals surface area contributed by atoms with E-state index < -0.39 is 0 Å². The van der Waals surface area contributed by atoms with E-state index in [1.807, 2.05) is 0 Å². The molecule has 0 aliphatic heterocycles. The van der Waals surface area contributed by atoms with Crippen LogP contribution >= 0.6 is 22.7 Å². The summed E-state index contributed by atoms with van der Waals surface area (Å²) in [6, 6.07) is 2.23. The van der Waals surface area contributed by atoms with Crippen LogP contribution in [0.3, 0.4) is 0 Å². The van der Waals surface area contributed by atoms with E-state index in [4.69, 9.17) is 0 Å². The SMILES string of the molecule is CNc1nnc(C(=O)NC2CCCc3sccc32)s1. The van der Waals surface area contributed by atoms with Gasteiger partial charge in [0.25, 0.3) is 5.91 Å². The largest absolute Gasteiger partial charge is 0.363 e. The first-order chi connectivity index (χ1) is 9.28. The van der Waals surface area contributed by atoms with Gasteiger partial charge in [-0.2, -0.15) is 0 Å². The van der Waals surface area contributed by atoms with E-state index >= 15 is 0 Å². The lowest BCUT2D eigenvalue weighted by molar-refractivity contribution is 0.0932. The van der Waals surface area contributed by atoms with Gasteiger partial charge in [0.15, 0.2) is 0 Å². The molecule has 5 nitrogen and oxygen atoms in total. The Balaban J connectivity index is 1.74. The molecule has 0 radical (unpaired) electrons. The minimum Gasteiger partial charge on any atom is -0.363 e. The Hall–Kier alpha value is -1.47. The summed E-state index contributed by atoms with van der Waals surface area (Å²) in [5.41, 5.74) is 1.27. The molecular formula is C12H14N4OS2. The lowest BCUT2D eigenvalue weighted by Crippen LogP contribution is -2.30. The second-order valence-electron chi connectivity index (χ2n) is 4.38. The fourth-order valence-electron chi connectivity index (χ4n) is 2.27. The molecule has 1 amide bonds. The highest BCUT2D eigenvalue weighted by molar-refractivity contribution is 7.17. The highest BCUT2D eigenvalue weighted by Crippen LogP contribution is 2.33. The molecule has 0 saturated heterocycles. The Morgan fingerprint density at radius 1 is 1.47 bits per heavy atom. The van der Waals surface area contributed by atoms with Crippen molar-refractivity contribution >= 4 is 33.7 Å². The standard InChI is InChI=1S/C12H14N4OS2/c1-13-12-16-15-11(19-12)10(17)14-8-3-2-4-9-7(8)5-6-18-9/h5-6,8H,2-4H2,1H3,(H,13,16)(H,14,17). The minimum absolute atomic E-state index is 0.115. The van der Waals surface area contributed by atoms with Crippen LogP contribution in [0, 0.1) is 0 Å². The van der Waals surface area contributed by atoms with Crippen molar-refractivity contribution in [3.63, 3.8) is 0 Å². The quantitative estimate of drug-likeness (QED) is 0.912. The maximum absolute atomic E-state index is 12.1. The van der Waals surface area contributed by atoms with Gasteiger partial charge >= 0.3 is 0 Å². The molecule has 2 N–H and O–H groups in total. The third-order valence-corrected chi connectivity index (χ3v) is 5.13. The molecule has 7 heteroatoms. The van der Waals surface area contributed by atoms with Crippen molar-refractivity contribution in [1.82, 2.24) is 15.5 Å². The van der Waals surface area contributed by atoms with E-state index in [0.717, 1.165) is 19.3 Å². The maximum atomic E-state index is 12.1. The van der Waals surface area contributed by atoms with Crippen LogP contribution in [0.4, 0.5) is 5.13 Å². The molecular weight excluding hydrogens is 280 g/mol. The molecule has 1 unspecified atom stereocenters. The number of carbonyl (C=O) groups excluding carboxylic acids is 1. The predicted molar refractivity (Wildman–Crippen MR) is 76.9 cm³/mol. The molecule has 19 heavy (non-hydrogen) atoms. The third-order valence-electron chi connectivity index (χ3n) is 3.19. The van der Waals surface area contributed by atoms with Gasteiger partial charge in [0.05, 0.1) is 6.04 Å². The molecule has 1 atom stereocenters. The van der Waals surface area contributed by atoms with Gasteiger partial charge in [-0.25, -0.2) is 0 Å². The molecule has 2 heterocycles. The minimum atomic E-state index is -0.136. The smallest absolute Gasteiger partial charge is 0.282 e. The number of hydrogen-bond donors (Lipinski definition) is 2. The average molecular weight is 294 g/mol. The number of amides is 1. The fraction of sp³-hybridized carbons (Fsp3) is 0.417. The molecule has 0 aromatic carbocycles. The van der Waals surface area contributed by atoms with Crippen LogP contribution in [-0.4, -0.2) is 23.2 Å². The monoisotopic (exact) mass is 294 g/mol. The number of carbonyl (C=O) groups is 1. The number of anilines is 1. The summed E-state index contributed by atoms with van der Waals surface area (Å²) in [6.45, 7) is 0. The van der Waals surface area contributed by atoms with Crippen LogP contribution in [0.15, 0.2) is 11.4 Å². The first kappa shape index (κ1) is 12.6. The summed E-state index contributed by atoms with van der Waals surface area (Å²) in [6.07, 6.45) is 3.24. The van der Waals surface area contributed by atoms with Gasteiger partial charge in [0.1, 0.15) is 0 Å². The lowest BCUT2D eigenvalue weighted by atomic mass is 9.94. The number of nitrogens with one attached hydrogen (secondary N) is 2.